The third kappa shape index (κ3) is 8.90. The molecule has 0 radical (unpaired) electrons. The van der Waals surface area contributed by atoms with E-state index in [9.17, 15) is 27.6 Å². The Hall–Kier alpha value is -5.05. The highest BCUT2D eigenvalue weighted by molar-refractivity contribution is 7.92. The van der Waals surface area contributed by atoms with Gasteiger partial charge < -0.3 is 19.7 Å². The van der Waals surface area contributed by atoms with Gasteiger partial charge in [-0.25, -0.2) is 22.0 Å². The number of hydrogen-bond acceptors (Lipinski definition) is 8. The highest BCUT2D eigenvalue weighted by Crippen LogP contribution is 2.43. The second-order valence-corrected chi connectivity index (χ2v) is 15.6. The van der Waals surface area contributed by atoms with Crippen molar-refractivity contribution in [1.82, 2.24) is 16.2 Å². The van der Waals surface area contributed by atoms with Crippen LogP contribution in [0.5, 0.6) is 11.5 Å². The molecule has 1 atom stereocenters. The first-order chi connectivity index (χ1) is 22.7. The number of halogens is 2. The summed E-state index contributed by atoms with van der Waals surface area (Å²) in [5.41, 5.74) is 2.55. The summed E-state index contributed by atoms with van der Waals surface area (Å²) in [6.45, 7) is 6.81. The van der Waals surface area contributed by atoms with Gasteiger partial charge in [-0.2, -0.15) is 0 Å². The van der Waals surface area contributed by atoms with E-state index in [1.54, 1.807) is 57.2 Å². The minimum absolute atomic E-state index is 0.227. The Kier molecular flexibility index (Phi) is 10.4. The zero-order chi connectivity index (χ0) is 36.4. The van der Waals surface area contributed by atoms with Crippen LogP contribution in [-0.4, -0.2) is 54.9 Å². The van der Waals surface area contributed by atoms with Crippen molar-refractivity contribution in [2.24, 2.45) is 0 Å². The summed E-state index contributed by atoms with van der Waals surface area (Å²) >= 11 is 0. The van der Waals surface area contributed by atoms with E-state index in [0.29, 0.717) is 17.1 Å². The molecule has 1 unspecified atom stereocenters. The lowest BCUT2D eigenvalue weighted by atomic mass is 9.99. The molecule has 0 spiro atoms. The van der Waals surface area contributed by atoms with Crippen LogP contribution in [0.4, 0.5) is 19.3 Å². The van der Waals surface area contributed by atoms with Crippen LogP contribution in [0.25, 0.3) is 0 Å². The number of rotatable bonds is 8. The number of fused-ring (bicyclic) bond motifs is 1. The molecule has 1 aliphatic heterocycles. The summed E-state index contributed by atoms with van der Waals surface area (Å²) < 4.78 is 64.9. The Balaban J connectivity index is 1.68. The fraction of sp³-hybridized carbons (Fsp3) is 0.353. The van der Waals surface area contributed by atoms with Crippen LogP contribution in [0.3, 0.4) is 0 Å². The van der Waals surface area contributed by atoms with Gasteiger partial charge >= 0.3 is 6.09 Å². The largest absolute Gasteiger partial charge is 0.457 e. The standard InChI is InChI=1S/C34H38F2N4O8S/c1-32(2,3)48-31(44)37-26-19-34(35,36)25-17-14-22(28(41)38-39-30(43)33(4,5)49(6,45)46)18-27(25)40(29(26)42)20-21-12-15-24(16-13-21)47-23-10-8-7-9-11-23/h7-18,26H,19-20H2,1-6H3,(H,37,44)(H,38,41)(H,39,43). The van der Waals surface area contributed by atoms with Crippen LogP contribution in [0, 0.1) is 0 Å². The quantitative estimate of drug-likeness (QED) is 0.278. The molecule has 0 aliphatic carbocycles. The number of benzene rings is 3. The van der Waals surface area contributed by atoms with Crippen molar-refractivity contribution in [2.45, 2.75) is 69.9 Å². The lowest BCUT2D eigenvalue weighted by Gasteiger charge is -2.27. The number of carbonyl (C=O) groups excluding carboxylic acids is 4. The molecule has 0 fully saturated rings. The maximum absolute atomic E-state index is 15.9. The smallest absolute Gasteiger partial charge is 0.408 e. The van der Waals surface area contributed by atoms with Crippen LogP contribution in [0.1, 0.15) is 62.5 Å². The molecule has 262 valence electrons. The van der Waals surface area contributed by atoms with Crippen LogP contribution in [-0.2, 0) is 36.6 Å². The van der Waals surface area contributed by atoms with Gasteiger partial charge in [0, 0.05) is 23.8 Å². The van der Waals surface area contributed by atoms with Gasteiger partial charge in [0.05, 0.1) is 12.2 Å². The number of alkyl carbamates (subject to hydrolysis) is 1. The Morgan fingerprint density at radius 3 is 2.12 bits per heavy atom. The van der Waals surface area contributed by atoms with Crippen LogP contribution in [0.2, 0.25) is 0 Å². The molecular weight excluding hydrogens is 662 g/mol. The molecule has 3 aromatic rings. The zero-order valence-corrected chi connectivity index (χ0v) is 28.6. The summed E-state index contributed by atoms with van der Waals surface area (Å²) in [6.07, 6.45) is -1.30. The first-order valence-corrected chi connectivity index (χ1v) is 17.0. The second-order valence-electron chi connectivity index (χ2n) is 13.0. The van der Waals surface area contributed by atoms with E-state index in [1.165, 1.54) is 0 Å². The number of sulfone groups is 1. The number of alkyl halides is 2. The fourth-order valence-corrected chi connectivity index (χ4v) is 5.05. The van der Waals surface area contributed by atoms with Crippen LogP contribution < -0.4 is 25.8 Å². The van der Waals surface area contributed by atoms with Gasteiger partial charge in [-0.15, -0.1) is 0 Å². The number of ether oxygens (including phenoxy) is 2. The molecule has 3 aromatic carbocycles. The number of amides is 4. The van der Waals surface area contributed by atoms with E-state index >= 15 is 8.78 Å². The average Bonchev–Trinajstić information content (AvgIpc) is 3.07. The van der Waals surface area contributed by atoms with Crippen molar-refractivity contribution in [3.05, 3.63) is 89.5 Å². The molecule has 0 bridgehead atoms. The van der Waals surface area contributed by atoms with E-state index in [0.717, 1.165) is 43.2 Å². The maximum atomic E-state index is 15.9. The molecule has 0 saturated carbocycles. The molecule has 49 heavy (non-hydrogen) atoms. The summed E-state index contributed by atoms with van der Waals surface area (Å²) in [5.74, 6) is -5.48. The van der Waals surface area contributed by atoms with Gasteiger partial charge in [0.2, 0.25) is 5.91 Å². The third-order valence-electron chi connectivity index (χ3n) is 7.67. The average molecular weight is 701 g/mol. The number of para-hydroxylation sites is 1. The second kappa shape index (κ2) is 13.8. The van der Waals surface area contributed by atoms with Crippen LogP contribution in [0.15, 0.2) is 72.8 Å². The Bertz CT molecular complexity index is 1840. The fourth-order valence-electron chi connectivity index (χ4n) is 4.67. The van der Waals surface area contributed by atoms with Gasteiger partial charge in [-0.3, -0.25) is 25.2 Å². The number of carbonyl (C=O) groups is 4. The van der Waals surface area contributed by atoms with Crippen LogP contribution >= 0.6 is 0 Å². The molecule has 4 rings (SSSR count). The molecule has 15 heteroatoms. The predicted molar refractivity (Wildman–Crippen MR) is 177 cm³/mol. The van der Waals surface area contributed by atoms with Gasteiger partial charge in [0.25, 0.3) is 17.7 Å². The van der Waals surface area contributed by atoms with Crippen molar-refractivity contribution in [1.29, 1.82) is 0 Å². The minimum Gasteiger partial charge on any atom is -0.457 e. The lowest BCUT2D eigenvalue weighted by molar-refractivity contribution is -0.124. The van der Waals surface area contributed by atoms with Crippen molar-refractivity contribution in [3.63, 3.8) is 0 Å². The maximum Gasteiger partial charge on any atom is 0.408 e. The Morgan fingerprint density at radius 1 is 0.918 bits per heavy atom. The molecular formula is C34H38F2N4O8S. The summed E-state index contributed by atoms with van der Waals surface area (Å²) in [5, 5.41) is 2.28. The molecule has 1 heterocycles. The highest BCUT2D eigenvalue weighted by Gasteiger charge is 2.46. The number of hydrogen-bond donors (Lipinski definition) is 3. The van der Waals surface area contributed by atoms with Gasteiger partial charge in [0.1, 0.15) is 27.9 Å². The summed E-state index contributed by atoms with van der Waals surface area (Å²) in [6, 6.07) is 17.0. The SMILES string of the molecule is CC(C)(C)OC(=O)NC1CC(F)(F)c2ccc(C(=O)NNC(=O)C(C)(C)S(C)(=O)=O)cc2N(Cc2ccc(Oc3ccccc3)cc2)C1=O. The monoisotopic (exact) mass is 700 g/mol. The third-order valence-corrected chi connectivity index (χ3v) is 9.71. The number of anilines is 1. The molecule has 0 saturated heterocycles. The van der Waals surface area contributed by atoms with E-state index in [4.69, 9.17) is 9.47 Å². The molecule has 3 N–H and O–H groups in total. The molecule has 1 aliphatic rings. The summed E-state index contributed by atoms with van der Waals surface area (Å²) in [7, 11) is -3.87. The molecule has 4 amide bonds. The topological polar surface area (TPSA) is 160 Å². The Morgan fingerprint density at radius 2 is 1.53 bits per heavy atom. The van der Waals surface area contributed by atoms with Crippen molar-refractivity contribution >= 4 is 39.3 Å². The number of nitrogens with one attached hydrogen (secondary N) is 3. The summed E-state index contributed by atoms with van der Waals surface area (Å²) in [4.78, 5) is 53.3. The van der Waals surface area contributed by atoms with Crippen molar-refractivity contribution in [2.75, 3.05) is 11.2 Å². The highest BCUT2D eigenvalue weighted by atomic mass is 32.2. The van der Waals surface area contributed by atoms with Crippen molar-refractivity contribution < 1.29 is 45.9 Å². The van der Waals surface area contributed by atoms with Gasteiger partial charge in [0.15, 0.2) is 9.84 Å². The van der Waals surface area contributed by atoms with E-state index in [2.05, 4.69) is 10.7 Å². The van der Waals surface area contributed by atoms with Gasteiger partial charge in [-0.1, -0.05) is 36.4 Å². The van der Waals surface area contributed by atoms with E-state index in [1.807, 2.05) is 23.6 Å². The molecule has 0 aromatic heterocycles. The van der Waals surface area contributed by atoms with E-state index in [-0.39, 0.29) is 17.8 Å². The normalized spacial score (nSPS) is 16.1. The minimum atomic E-state index is -3.87. The first kappa shape index (κ1) is 36.8. The molecule has 12 nitrogen and oxygen atoms in total. The number of hydrazine groups is 1. The van der Waals surface area contributed by atoms with Crippen molar-refractivity contribution in [3.8, 4) is 11.5 Å². The predicted octanol–water partition coefficient (Wildman–Crippen LogP) is 4.99. The number of nitrogens with zero attached hydrogens (tertiary/aromatic N) is 1. The Labute approximate surface area is 283 Å². The first-order valence-electron chi connectivity index (χ1n) is 15.1. The van der Waals surface area contributed by atoms with Gasteiger partial charge in [-0.05, 0) is 76.6 Å². The van der Waals surface area contributed by atoms with E-state index < -0.39 is 67.9 Å². The lowest BCUT2D eigenvalue weighted by Crippen LogP contribution is -2.53. The zero-order valence-electron chi connectivity index (χ0n) is 27.8.